The van der Waals surface area contributed by atoms with Gasteiger partial charge in [-0.3, -0.25) is 9.78 Å². The molecule has 0 aliphatic carbocycles. The lowest BCUT2D eigenvalue weighted by molar-refractivity contribution is -0.139. The molecular weight excluding hydrogens is 294 g/mol. The number of aromatic nitrogens is 1. The Morgan fingerprint density at radius 3 is 2.76 bits per heavy atom. The average Bonchev–Trinajstić information content (AvgIpc) is 2.43. The molecule has 0 amide bonds. The van der Waals surface area contributed by atoms with E-state index >= 15 is 0 Å². The Morgan fingerprint density at radius 2 is 2.24 bits per heavy atom. The zero-order chi connectivity index (χ0) is 16.0. The van der Waals surface area contributed by atoms with E-state index in [1.807, 2.05) is 13.0 Å². The highest BCUT2D eigenvalue weighted by atomic mass is 32.2. The number of aryl methyl sites for hydroxylation is 1. The van der Waals surface area contributed by atoms with Crippen LogP contribution in [0.5, 0.6) is 0 Å². The number of sulfonamides is 1. The van der Waals surface area contributed by atoms with Crippen LogP contribution < -0.4 is 4.72 Å². The van der Waals surface area contributed by atoms with Gasteiger partial charge in [0.1, 0.15) is 17.0 Å². The molecule has 21 heavy (non-hydrogen) atoms. The molecule has 2 N–H and O–H groups in total. The van der Waals surface area contributed by atoms with Crippen LogP contribution in [0.25, 0.3) is 0 Å². The van der Waals surface area contributed by atoms with E-state index < -0.39 is 22.0 Å². The summed E-state index contributed by atoms with van der Waals surface area (Å²) in [5, 5.41) is 18.0. The number of nitriles is 1. The van der Waals surface area contributed by atoms with Crippen molar-refractivity contribution in [1.82, 2.24) is 9.71 Å². The molecule has 1 rings (SSSR count). The normalized spacial score (nSPS) is 12.6. The molecule has 0 bridgehead atoms. The van der Waals surface area contributed by atoms with Crippen LogP contribution in [0.4, 0.5) is 0 Å². The zero-order valence-electron chi connectivity index (χ0n) is 11.8. The van der Waals surface area contributed by atoms with Gasteiger partial charge in [0, 0.05) is 6.20 Å². The fourth-order valence-corrected chi connectivity index (χ4v) is 2.86. The molecule has 1 aromatic rings. The van der Waals surface area contributed by atoms with Gasteiger partial charge in [-0.1, -0.05) is 19.8 Å². The van der Waals surface area contributed by atoms with E-state index in [1.54, 1.807) is 6.92 Å². The molecule has 8 heteroatoms. The molecule has 0 fully saturated rings. The molecule has 0 unspecified atom stereocenters. The highest BCUT2D eigenvalue weighted by Gasteiger charge is 2.25. The van der Waals surface area contributed by atoms with E-state index in [-0.39, 0.29) is 16.9 Å². The number of aliphatic carboxylic acids is 1. The Labute approximate surface area is 123 Å². The van der Waals surface area contributed by atoms with Crippen LogP contribution in [-0.2, 0) is 14.8 Å². The van der Waals surface area contributed by atoms with Crippen molar-refractivity contribution in [3.63, 3.8) is 0 Å². The maximum absolute atomic E-state index is 12.2. The minimum atomic E-state index is -4.03. The lowest BCUT2D eigenvalue weighted by Crippen LogP contribution is -2.40. The summed E-state index contributed by atoms with van der Waals surface area (Å²) in [6.07, 6.45) is 2.66. The first-order valence-corrected chi connectivity index (χ1v) is 7.92. The number of nitrogens with one attached hydrogen (secondary N) is 1. The summed E-state index contributed by atoms with van der Waals surface area (Å²) in [5.74, 6) is -1.23. The first kappa shape index (κ1) is 17.1. The lowest BCUT2D eigenvalue weighted by Gasteiger charge is -2.14. The molecule has 0 spiro atoms. The van der Waals surface area contributed by atoms with Crippen LogP contribution in [-0.4, -0.2) is 30.5 Å². The van der Waals surface area contributed by atoms with Crippen molar-refractivity contribution in [2.24, 2.45) is 0 Å². The molecular formula is C13H17N3O4S. The summed E-state index contributed by atoms with van der Waals surface area (Å²) in [6.45, 7) is 3.47. The van der Waals surface area contributed by atoms with Gasteiger partial charge in [-0.2, -0.15) is 9.98 Å². The van der Waals surface area contributed by atoms with Gasteiger partial charge in [-0.25, -0.2) is 8.42 Å². The molecule has 0 saturated carbocycles. The SMILES string of the molecule is CCCC[C@H](NS(=O)(=O)c1cnc(C)c(C#N)c1)C(=O)O. The van der Waals surface area contributed by atoms with Crippen LogP contribution in [0.1, 0.15) is 37.4 Å². The second-order valence-corrected chi connectivity index (χ2v) is 6.28. The predicted octanol–water partition coefficient (Wildman–Crippen LogP) is 1.18. The first-order valence-electron chi connectivity index (χ1n) is 6.43. The molecule has 7 nitrogen and oxygen atoms in total. The molecule has 1 aromatic heterocycles. The molecule has 114 valence electrons. The smallest absolute Gasteiger partial charge is 0.321 e. The average molecular weight is 311 g/mol. The maximum atomic E-state index is 12.2. The second-order valence-electron chi connectivity index (χ2n) is 4.57. The fraction of sp³-hybridized carbons (Fsp3) is 0.462. The molecule has 0 aliphatic rings. The quantitative estimate of drug-likeness (QED) is 0.780. The van der Waals surface area contributed by atoms with Gasteiger partial charge in [-0.15, -0.1) is 0 Å². The number of carboxylic acid groups (broad SMARTS) is 1. The zero-order valence-corrected chi connectivity index (χ0v) is 12.6. The largest absolute Gasteiger partial charge is 0.480 e. The monoisotopic (exact) mass is 311 g/mol. The minimum Gasteiger partial charge on any atom is -0.480 e. The van der Waals surface area contributed by atoms with Crippen LogP contribution in [0.2, 0.25) is 0 Å². The summed E-state index contributed by atoms with van der Waals surface area (Å²) in [4.78, 5) is 14.7. The van der Waals surface area contributed by atoms with Crippen molar-refractivity contribution >= 4 is 16.0 Å². The third-order valence-corrected chi connectivity index (χ3v) is 4.37. The number of hydrogen-bond donors (Lipinski definition) is 2. The summed E-state index contributed by atoms with van der Waals surface area (Å²) in [5.41, 5.74) is 0.551. The molecule has 0 radical (unpaired) electrons. The summed E-state index contributed by atoms with van der Waals surface area (Å²) >= 11 is 0. The summed E-state index contributed by atoms with van der Waals surface area (Å²) in [7, 11) is -4.03. The Bertz CT molecular complexity index is 664. The molecule has 1 heterocycles. The van der Waals surface area contributed by atoms with E-state index in [9.17, 15) is 13.2 Å². The van der Waals surface area contributed by atoms with Gasteiger partial charge in [0.05, 0.1) is 11.3 Å². The molecule has 0 aliphatic heterocycles. The van der Waals surface area contributed by atoms with Gasteiger partial charge in [0.25, 0.3) is 0 Å². The number of nitrogens with zero attached hydrogens (tertiary/aromatic N) is 2. The van der Waals surface area contributed by atoms with Crippen molar-refractivity contribution in [1.29, 1.82) is 5.26 Å². The highest BCUT2D eigenvalue weighted by Crippen LogP contribution is 2.14. The van der Waals surface area contributed by atoms with E-state index in [0.29, 0.717) is 12.1 Å². The van der Waals surface area contributed by atoms with Crippen LogP contribution >= 0.6 is 0 Å². The first-order chi connectivity index (χ1) is 9.81. The van der Waals surface area contributed by atoms with E-state index in [0.717, 1.165) is 12.6 Å². The number of unbranched alkanes of at least 4 members (excludes halogenated alkanes) is 1. The number of rotatable bonds is 7. The third kappa shape index (κ3) is 4.51. The number of pyridine rings is 1. The van der Waals surface area contributed by atoms with E-state index in [1.165, 1.54) is 6.07 Å². The van der Waals surface area contributed by atoms with Gasteiger partial charge in [0.2, 0.25) is 10.0 Å². The highest BCUT2D eigenvalue weighted by molar-refractivity contribution is 7.89. The van der Waals surface area contributed by atoms with Gasteiger partial charge < -0.3 is 5.11 Å². The van der Waals surface area contributed by atoms with Crippen molar-refractivity contribution in [2.45, 2.75) is 44.0 Å². The van der Waals surface area contributed by atoms with Crippen molar-refractivity contribution in [3.8, 4) is 6.07 Å². The third-order valence-electron chi connectivity index (χ3n) is 2.93. The van der Waals surface area contributed by atoms with Crippen molar-refractivity contribution < 1.29 is 18.3 Å². The van der Waals surface area contributed by atoms with Gasteiger partial charge >= 0.3 is 5.97 Å². The Kier molecular flexibility index (Phi) is 5.81. The molecule has 0 aromatic carbocycles. The van der Waals surface area contributed by atoms with Gasteiger partial charge in [0.15, 0.2) is 0 Å². The lowest BCUT2D eigenvalue weighted by atomic mass is 10.1. The van der Waals surface area contributed by atoms with Crippen molar-refractivity contribution in [2.75, 3.05) is 0 Å². The van der Waals surface area contributed by atoms with Crippen LogP contribution in [0.15, 0.2) is 17.2 Å². The Balaban J connectivity index is 3.05. The molecule has 0 saturated heterocycles. The topological polar surface area (TPSA) is 120 Å². The van der Waals surface area contributed by atoms with E-state index in [2.05, 4.69) is 9.71 Å². The maximum Gasteiger partial charge on any atom is 0.321 e. The second kappa shape index (κ2) is 7.15. The number of carboxylic acids is 1. The minimum absolute atomic E-state index is 0.137. The standard InChI is InChI=1S/C13H17N3O4S/c1-3-4-5-12(13(17)18)16-21(19,20)11-6-10(7-14)9(2)15-8-11/h6,8,12,16H,3-5H2,1-2H3,(H,17,18)/t12-/m0/s1. The van der Waals surface area contributed by atoms with Gasteiger partial charge in [-0.05, 0) is 19.4 Å². The van der Waals surface area contributed by atoms with Crippen LogP contribution in [0.3, 0.4) is 0 Å². The Hall–Kier alpha value is -1.98. The Morgan fingerprint density at radius 1 is 1.57 bits per heavy atom. The predicted molar refractivity (Wildman–Crippen MR) is 75.0 cm³/mol. The fourth-order valence-electron chi connectivity index (χ4n) is 1.67. The van der Waals surface area contributed by atoms with E-state index in [4.69, 9.17) is 10.4 Å². The molecule has 1 atom stereocenters. The number of carbonyl (C=O) groups is 1. The number of hydrogen-bond acceptors (Lipinski definition) is 5. The van der Waals surface area contributed by atoms with Crippen molar-refractivity contribution in [3.05, 3.63) is 23.5 Å². The summed E-state index contributed by atoms with van der Waals surface area (Å²) < 4.78 is 26.5. The van der Waals surface area contributed by atoms with Crippen LogP contribution in [0, 0.1) is 18.3 Å². The summed E-state index contributed by atoms with van der Waals surface area (Å²) in [6, 6.07) is 1.84.